The van der Waals surface area contributed by atoms with Crippen molar-refractivity contribution in [2.75, 3.05) is 26.3 Å². The number of nitrogens with zero attached hydrogens (tertiary/aromatic N) is 1. The molecule has 158 valence electrons. The predicted octanol–water partition coefficient (Wildman–Crippen LogP) is 3.15. The van der Waals surface area contributed by atoms with E-state index < -0.39 is 11.9 Å². The van der Waals surface area contributed by atoms with Gasteiger partial charge in [-0.05, 0) is 24.5 Å². The molecule has 6 heteroatoms. The van der Waals surface area contributed by atoms with Crippen LogP contribution >= 0.6 is 0 Å². The molecule has 1 unspecified atom stereocenters. The number of hydrogen-bond donors (Lipinski definition) is 1. The number of benzene rings is 2. The van der Waals surface area contributed by atoms with Gasteiger partial charge in [-0.2, -0.15) is 0 Å². The zero-order chi connectivity index (χ0) is 21.0. The van der Waals surface area contributed by atoms with Gasteiger partial charge in [0.1, 0.15) is 12.4 Å². The fourth-order valence-corrected chi connectivity index (χ4v) is 4.58. The van der Waals surface area contributed by atoms with E-state index in [0.29, 0.717) is 45.0 Å². The molecule has 1 N–H and O–H groups in total. The number of para-hydroxylation sites is 1. The van der Waals surface area contributed by atoms with Crippen molar-refractivity contribution in [2.24, 2.45) is 11.3 Å². The van der Waals surface area contributed by atoms with Gasteiger partial charge in [-0.3, -0.25) is 9.59 Å². The van der Waals surface area contributed by atoms with E-state index in [2.05, 4.69) is 0 Å². The minimum absolute atomic E-state index is 0.0552. The minimum Gasteiger partial charge on any atom is -0.489 e. The maximum Gasteiger partial charge on any atom is 0.308 e. The van der Waals surface area contributed by atoms with Crippen molar-refractivity contribution in [1.29, 1.82) is 0 Å². The van der Waals surface area contributed by atoms with E-state index in [1.807, 2.05) is 54.6 Å². The van der Waals surface area contributed by atoms with E-state index in [1.54, 1.807) is 4.90 Å². The molecule has 2 saturated heterocycles. The normalized spacial score (nSPS) is 20.3. The summed E-state index contributed by atoms with van der Waals surface area (Å²) in [5.41, 5.74) is 1.51. The molecule has 2 heterocycles. The van der Waals surface area contributed by atoms with Crippen LogP contribution in [-0.2, 0) is 27.4 Å². The van der Waals surface area contributed by atoms with Crippen LogP contribution in [0.5, 0.6) is 5.75 Å². The number of carbonyl (C=O) groups is 2. The van der Waals surface area contributed by atoms with Crippen molar-refractivity contribution in [1.82, 2.24) is 4.90 Å². The number of rotatable bonds is 6. The molecule has 0 saturated carbocycles. The molecule has 1 amide bonds. The van der Waals surface area contributed by atoms with Gasteiger partial charge < -0.3 is 19.5 Å². The molecule has 0 bridgehead atoms. The Bertz CT molecular complexity index is 891. The van der Waals surface area contributed by atoms with Crippen LogP contribution in [0.1, 0.15) is 24.0 Å². The first kappa shape index (κ1) is 20.4. The third-order valence-electron chi connectivity index (χ3n) is 6.34. The first-order chi connectivity index (χ1) is 14.6. The average Bonchev–Trinajstić information content (AvgIpc) is 3.13. The molecule has 30 heavy (non-hydrogen) atoms. The molecule has 1 atom stereocenters. The lowest BCUT2D eigenvalue weighted by Crippen LogP contribution is -2.40. The van der Waals surface area contributed by atoms with Crippen LogP contribution in [0.15, 0.2) is 54.6 Å². The van der Waals surface area contributed by atoms with Gasteiger partial charge in [0.25, 0.3) is 0 Å². The Hall–Kier alpha value is -2.86. The Morgan fingerprint density at radius 3 is 2.50 bits per heavy atom. The Kier molecular flexibility index (Phi) is 6.04. The summed E-state index contributed by atoms with van der Waals surface area (Å²) in [6.07, 6.45) is 1.57. The van der Waals surface area contributed by atoms with Gasteiger partial charge in [-0.1, -0.05) is 48.5 Å². The Balaban J connectivity index is 1.44. The van der Waals surface area contributed by atoms with E-state index >= 15 is 0 Å². The predicted molar refractivity (Wildman–Crippen MR) is 111 cm³/mol. The number of amides is 1. The second kappa shape index (κ2) is 8.88. The number of carbonyl (C=O) groups excluding carboxylic acids is 1. The number of carboxylic acids is 1. The first-order valence-corrected chi connectivity index (χ1v) is 10.4. The van der Waals surface area contributed by atoms with Gasteiger partial charge in [-0.15, -0.1) is 0 Å². The van der Waals surface area contributed by atoms with Crippen LogP contribution in [0.25, 0.3) is 0 Å². The molecule has 2 aromatic rings. The van der Waals surface area contributed by atoms with Crippen LogP contribution in [0.3, 0.4) is 0 Å². The van der Waals surface area contributed by atoms with Crippen molar-refractivity contribution < 1.29 is 24.2 Å². The van der Waals surface area contributed by atoms with Gasteiger partial charge in [0.15, 0.2) is 0 Å². The lowest BCUT2D eigenvalue weighted by molar-refractivity contribution is -0.146. The third kappa shape index (κ3) is 4.33. The highest BCUT2D eigenvalue weighted by Gasteiger charge is 2.51. The monoisotopic (exact) mass is 409 g/mol. The standard InChI is InChI=1S/C24H27NO5/c26-22(25-15-20(23(27)28)24(17-25)10-12-29-13-11-24)14-19-8-4-5-9-21(19)30-16-18-6-2-1-3-7-18/h1-9,20H,10-17H2,(H,27,28). The fourth-order valence-electron chi connectivity index (χ4n) is 4.58. The molecule has 0 aromatic heterocycles. The largest absolute Gasteiger partial charge is 0.489 e. The average molecular weight is 409 g/mol. The van der Waals surface area contributed by atoms with E-state index in [4.69, 9.17) is 9.47 Å². The van der Waals surface area contributed by atoms with Crippen molar-refractivity contribution in [2.45, 2.75) is 25.9 Å². The first-order valence-electron chi connectivity index (χ1n) is 10.4. The number of aliphatic carboxylic acids is 1. The highest BCUT2D eigenvalue weighted by atomic mass is 16.5. The molecule has 2 aliphatic heterocycles. The van der Waals surface area contributed by atoms with Gasteiger partial charge in [0, 0.05) is 37.3 Å². The lowest BCUT2D eigenvalue weighted by Gasteiger charge is -2.36. The molecular weight excluding hydrogens is 382 g/mol. The Morgan fingerprint density at radius 1 is 1.07 bits per heavy atom. The zero-order valence-corrected chi connectivity index (χ0v) is 17.0. The van der Waals surface area contributed by atoms with Crippen molar-refractivity contribution in [3.8, 4) is 5.75 Å². The van der Waals surface area contributed by atoms with Crippen LogP contribution in [-0.4, -0.2) is 48.2 Å². The summed E-state index contributed by atoms with van der Waals surface area (Å²) in [4.78, 5) is 26.7. The summed E-state index contributed by atoms with van der Waals surface area (Å²) in [6.45, 7) is 2.30. The molecule has 6 nitrogen and oxygen atoms in total. The van der Waals surface area contributed by atoms with E-state index in [-0.39, 0.29) is 24.3 Å². The quantitative estimate of drug-likeness (QED) is 0.793. The van der Waals surface area contributed by atoms with Gasteiger partial charge in [0.2, 0.25) is 5.91 Å². The van der Waals surface area contributed by atoms with Gasteiger partial charge >= 0.3 is 5.97 Å². The van der Waals surface area contributed by atoms with E-state index in [0.717, 1.165) is 11.1 Å². The maximum absolute atomic E-state index is 13.1. The number of hydrogen-bond acceptors (Lipinski definition) is 4. The molecule has 2 fully saturated rings. The molecule has 4 rings (SSSR count). The fraction of sp³-hybridized carbons (Fsp3) is 0.417. The Morgan fingerprint density at radius 2 is 1.77 bits per heavy atom. The van der Waals surface area contributed by atoms with Crippen molar-refractivity contribution in [3.63, 3.8) is 0 Å². The molecule has 0 aliphatic carbocycles. The van der Waals surface area contributed by atoms with E-state index in [9.17, 15) is 14.7 Å². The van der Waals surface area contributed by atoms with Gasteiger partial charge in [0.05, 0.1) is 12.3 Å². The highest BCUT2D eigenvalue weighted by Crippen LogP contribution is 2.44. The van der Waals surface area contributed by atoms with Crippen molar-refractivity contribution in [3.05, 3.63) is 65.7 Å². The van der Waals surface area contributed by atoms with Crippen LogP contribution in [0.4, 0.5) is 0 Å². The third-order valence-corrected chi connectivity index (χ3v) is 6.34. The van der Waals surface area contributed by atoms with Crippen LogP contribution < -0.4 is 4.74 Å². The summed E-state index contributed by atoms with van der Waals surface area (Å²) in [5.74, 6) is -0.724. The van der Waals surface area contributed by atoms with Crippen LogP contribution in [0.2, 0.25) is 0 Å². The second-order valence-corrected chi connectivity index (χ2v) is 8.20. The topological polar surface area (TPSA) is 76.1 Å². The van der Waals surface area contributed by atoms with Gasteiger partial charge in [-0.25, -0.2) is 0 Å². The molecule has 0 radical (unpaired) electrons. The summed E-state index contributed by atoms with van der Waals surface area (Å²) in [6, 6.07) is 17.4. The number of likely N-dealkylation sites (tertiary alicyclic amines) is 1. The number of ether oxygens (including phenoxy) is 2. The molecule has 2 aliphatic rings. The number of carboxylic acid groups (broad SMARTS) is 1. The minimum atomic E-state index is -0.821. The second-order valence-electron chi connectivity index (χ2n) is 8.20. The van der Waals surface area contributed by atoms with E-state index in [1.165, 1.54) is 0 Å². The summed E-state index contributed by atoms with van der Waals surface area (Å²) < 4.78 is 11.4. The lowest BCUT2D eigenvalue weighted by atomic mass is 9.72. The van der Waals surface area contributed by atoms with Crippen molar-refractivity contribution >= 4 is 11.9 Å². The van der Waals surface area contributed by atoms with Crippen LogP contribution in [0, 0.1) is 11.3 Å². The highest BCUT2D eigenvalue weighted by molar-refractivity contribution is 5.82. The summed E-state index contributed by atoms with van der Waals surface area (Å²) in [5, 5.41) is 9.74. The molecule has 2 aromatic carbocycles. The summed E-state index contributed by atoms with van der Waals surface area (Å²) >= 11 is 0. The SMILES string of the molecule is O=C(O)C1CN(C(=O)Cc2ccccc2OCc2ccccc2)CC12CCOCC2. The molecular formula is C24H27NO5. The molecule has 1 spiro atoms. The maximum atomic E-state index is 13.1. The zero-order valence-electron chi connectivity index (χ0n) is 17.0. The Labute approximate surface area is 176 Å². The summed E-state index contributed by atoms with van der Waals surface area (Å²) in [7, 11) is 0. The smallest absolute Gasteiger partial charge is 0.308 e.